The van der Waals surface area contributed by atoms with Gasteiger partial charge >= 0.3 is 0 Å². The molecule has 1 aromatic rings. The Balaban J connectivity index is 1.77. The molecule has 0 radical (unpaired) electrons. The lowest BCUT2D eigenvalue weighted by Gasteiger charge is -2.41. The predicted molar refractivity (Wildman–Crippen MR) is 106 cm³/mol. The van der Waals surface area contributed by atoms with E-state index >= 15 is 0 Å². The largest absolute Gasteiger partial charge is 0.322 e. The number of imide groups is 1. The van der Waals surface area contributed by atoms with Gasteiger partial charge in [-0.1, -0.05) is 12.1 Å². The van der Waals surface area contributed by atoms with Gasteiger partial charge in [0, 0.05) is 35.0 Å². The summed E-state index contributed by atoms with van der Waals surface area (Å²) in [7, 11) is 0. The molecule has 0 spiro atoms. The van der Waals surface area contributed by atoms with E-state index < -0.39 is 61.0 Å². The standard InChI is InChI=1S/C22H29N3O3/c1-22(2,3)24-10-8-14(9-11-24)15-4-5-17-16(12-15)13-25(21(17)28)18-6-7-19(26)23-20(18)27/h4-5,12,14,18H,6-11,13H2,1-3H3,(H,23,26,27)/i8D2,9D2,10D2,11D2. The summed E-state index contributed by atoms with van der Waals surface area (Å²) in [5, 5.41) is 2.21. The minimum absolute atomic E-state index is 0.0167. The number of nitrogens with one attached hydrogen (secondary N) is 1. The summed E-state index contributed by atoms with van der Waals surface area (Å²) in [6.07, 6.45) is -5.49. The van der Waals surface area contributed by atoms with Crippen molar-refractivity contribution >= 4 is 17.7 Å². The summed E-state index contributed by atoms with van der Waals surface area (Å²) in [6, 6.07) is 3.25. The lowest BCUT2D eigenvalue weighted by Crippen LogP contribution is -2.52. The molecule has 1 N–H and O–H groups in total. The molecule has 3 amide bonds. The SMILES string of the molecule is [2H]C1([2H])C(c2ccc3c(c2)CN(C2CCC(=O)NC2=O)C3=O)C([2H])([2H])C([2H])([2H])N(C(C)(C)C)C1([2H])[2H]. The number of piperidine rings is 2. The molecule has 0 aliphatic carbocycles. The van der Waals surface area contributed by atoms with Crippen LogP contribution in [0.25, 0.3) is 0 Å². The molecule has 1 unspecified atom stereocenters. The number of nitrogens with zero attached hydrogens (tertiary/aromatic N) is 2. The minimum atomic E-state index is -2.89. The zero-order valence-corrected chi connectivity index (χ0v) is 16.1. The summed E-state index contributed by atoms with van der Waals surface area (Å²) >= 11 is 0. The first-order chi connectivity index (χ1) is 16.3. The van der Waals surface area contributed by atoms with Gasteiger partial charge in [0.25, 0.3) is 5.91 Å². The van der Waals surface area contributed by atoms with Crippen molar-refractivity contribution in [3.63, 3.8) is 0 Å². The molecule has 0 bridgehead atoms. The maximum absolute atomic E-state index is 13.0. The van der Waals surface area contributed by atoms with E-state index in [-0.39, 0.29) is 30.5 Å². The molecule has 2 saturated heterocycles. The molecule has 4 rings (SSSR count). The predicted octanol–water partition coefficient (Wildman–Crippen LogP) is 2.43. The number of hydrogen-bond donors (Lipinski definition) is 1. The molecule has 28 heavy (non-hydrogen) atoms. The number of carbonyl (C=O) groups is 3. The van der Waals surface area contributed by atoms with Gasteiger partial charge in [-0.2, -0.15) is 0 Å². The van der Waals surface area contributed by atoms with Crippen LogP contribution >= 0.6 is 0 Å². The third kappa shape index (κ3) is 3.46. The van der Waals surface area contributed by atoms with Crippen molar-refractivity contribution in [3.05, 3.63) is 34.9 Å². The second-order valence-corrected chi connectivity index (χ2v) is 8.27. The second kappa shape index (κ2) is 6.99. The van der Waals surface area contributed by atoms with Crippen molar-refractivity contribution in [2.45, 2.75) is 70.4 Å². The molecular formula is C22H29N3O3. The highest BCUT2D eigenvalue weighted by molar-refractivity contribution is 6.05. The average molecular weight is 392 g/mol. The Morgan fingerprint density at radius 3 is 2.50 bits per heavy atom. The Morgan fingerprint density at radius 1 is 1.14 bits per heavy atom. The monoisotopic (exact) mass is 391 g/mol. The number of fused-ring (bicyclic) bond motifs is 1. The molecule has 6 nitrogen and oxygen atoms in total. The summed E-state index contributed by atoms with van der Waals surface area (Å²) < 4.78 is 69.4. The molecule has 0 aromatic heterocycles. The highest BCUT2D eigenvalue weighted by Crippen LogP contribution is 2.34. The quantitative estimate of drug-likeness (QED) is 0.786. The van der Waals surface area contributed by atoms with Crippen molar-refractivity contribution in [1.82, 2.24) is 15.1 Å². The van der Waals surface area contributed by atoms with Gasteiger partial charge in [-0.05, 0) is 76.0 Å². The van der Waals surface area contributed by atoms with Gasteiger partial charge in [0.05, 0.1) is 0 Å². The molecule has 150 valence electrons. The molecule has 6 heteroatoms. The normalized spacial score (nSPS) is 35.9. The highest BCUT2D eigenvalue weighted by Gasteiger charge is 2.39. The molecule has 1 atom stereocenters. The minimum Gasteiger partial charge on any atom is -0.322 e. The summed E-state index contributed by atoms with van der Waals surface area (Å²) in [4.78, 5) is 38.8. The Labute approximate surface area is 177 Å². The lowest BCUT2D eigenvalue weighted by molar-refractivity contribution is -0.136. The van der Waals surface area contributed by atoms with E-state index in [1.807, 2.05) is 0 Å². The molecule has 0 saturated carbocycles. The molecule has 3 aliphatic rings. The average Bonchev–Trinajstić information content (AvgIpc) is 3.01. The van der Waals surface area contributed by atoms with E-state index in [0.29, 0.717) is 10.5 Å². The van der Waals surface area contributed by atoms with Crippen LogP contribution in [0, 0.1) is 0 Å². The molecule has 3 aliphatic heterocycles. The highest BCUT2D eigenvalue weighted by atomic mass is 16.2. The number of carbonyl (C=O) groups excluding carboxylic acids is 3. The topological polar surface area (TPSA) is 69.7 Å². The zero-order chi connectivity index (χ0) is 27.2. The molecule has 1 aromatic carbocycles. The van der Waals surface area contributed by atoms with Gasteiger partial charge < -0.3 is 4.90 Å². The maximum Gasteiger partial charge on any atom is 0.255 e. The number of benzene rings is 1. The van der Waals surface area contributed by atoms with Crippen LogP contribution in [0.2, 0.25) is 0 Å². The fourth-order valence-corrected chi connectivity index (χ4v) is 3.60. The smallest absolute Gasteiger partial charge is 0.255 e. The van der Waals surface area contributed by atoms with E-state index in [1.165, 1.54) is 43.9 Å². The van der Waals surface area contributed by atoms with E-state index in [4.69, 9.17) is 11.0 Å². The summed E-state index contributed by atoms with van der Waals surface area (Å²) in [5.74, 6) is -3.31. The maximum atomic E-state index is 13.0. The fourth-order valence-electron chi connectivity index (χ4n) is 3.60. The van der Waals surface area contributed by atoms with Crippen LogP contribution in [0.15, 0.2) is 18.2 Å². The van der Waals surface area contributed by atoms with Gasteiger partial charge in [-0.3, -0.25) is 24.6 Å². The Kier molecular flexibility index (Phi) is 2.92. The van der Waals surface area contributed by atoms with Crippen LogP contribution in [0.4, 0.5) is 0 Å². The van der Waals surface area contributed by atoms with Crippen LogP contribution in [0.3, 0.4) is 0 Å². The molecular weight excluding hydrogens is 354 g/mol. The number of hydrogen-bond acceptors (Lipinski definition) is 4. The van der Waals surface area contributed by atoms with Gasteiger partial charge in [-0.25, -0.2) is 0 Å². The second-order valence-electron chi connectivity index (χ2n) is 8.27. The van der Waals surface area contributed by atoms with Crippen LogP contribution in [-0.4, -0.2) is 52.1 Å². The first-order valence-electron chi connectivity index (χ1n) is 13.3. The Morgan fingerprint density at radius 2 is 1.86 bits per heavy atom. The van der Waals surface area contributed by atoms with Crippen molar-refractivity contribution in [2.24, 2.45) is 0 Å². The first kappa shape index (κ1) is 11.7. The first-order valence-corrected chi connectivity index (χ1v) is 9.34. The van der Waals surface area contributed by atoms with Crippen molar-refractivity contribution in [3.8, 4) is 0 Å². The number of rotatable bonds is 2. The van der Waals surface area contributed by atoms with E-state index in [2.05, 4.69) is 5.32 Å². The van der Waals surface area contributed by atoms with Gasteiger partial charge in [0.2, 0.25) is 11.8 Å². The summed E-state index contributed by atoms with van der Waals surface area (Å²) in [5.41, 5.74) is -0.593. The van der Waals surface area contributed by atoms with E-state index in [0.717, 1.165) is 0 Å². The zero-order valence-electron chi connectivity index (χ0n) is 24.1. The third-order valence-corrected chi connectivity index (χ3v) is 5.19. The van der Waals surface area contributed by atoms with Crippen LogP contribution < -0.4 is 5.32 Å². The molecule has 2 fully saturated rings. The van der Waals surface area contributed by atoms with Crippen LogP contribution in [0.1, 0.15) is 84.7 Å². The number of likely N-dealkylation sites (tertiary alicyclic amines) is 1. The van der Waals surface area contributed by atoms with Gasteiger partial charge in [-0.15, -0.1) is 0 Å². The van der Waals surface area contributed by atoms with Crippen LogP contribution in [0.5, 0.6) is 0 Å². The third-order valence-electron chi connectivity index (χ3n) is 5.19. The summed E-state index contributed by atoms with van der Waals surface area (Å²) in [6.45, 7) is -1.31. The number of amides is 3. The van der Waals surface area contributed by atoms with Crippen molar-refractivity contribution in [1.29, 1.82) is 0 Å². The fraction of sp³-hybridized carbons (Fsp3) is 0.591. The van der Waals surface area contributed by atoms with Gasteiger partial charge in [0.15, 0.2) is 0 Å². The van der Waals surface area contributed by atoms with E-state index in [1.54, 1.807) is 0 Å². The van der Waals surface area contributed by atoms with Gasteiger partial charge in [0.1, 0.15) is 6.04 Å². The molecule has 3 heterocycles. The Hall–Kier alpha value is -2.21. The Bertz CT molecular complexity index is 1120. The van der Waals surface area contributed by atoms with Crippen molar-refractivity contribution in [2.75, 3.05) is 13.0 Å². The van der Waals surface area contributed by atoms with Crippen molar-refractivity contribution < 1.29 is 25.3 Å². The van der Waals surface area contributed by atoms with Crippen LogP contribution in [-0.2, 0) is 16.1 Å². The van der Waals surface area contributed by atoms with E-state index in [9.17, 15) is 14.4 Å². The lowest BCUT2D eigenvalue weighted by atomic mass is 9.86.